The molecule has 1 aromatic carbocycles. The zero-order chi connectivity index (χ0) is 13.2. The summed E-state index contributed by atoms with van der Waals surface area (Å²) in [5.74, 6) is -0.638. The molecule has 0 heterocycles. The lowest BCUT2D eigenvalue weighted by Gasteiger charge is -2.12. The van der Waals surface area contributed by atoms with Crippen molar-refractivity contribution < 1.29 is 13.2 Å². The van der Waals surface area contributed by atoms with Crippen LogP contribution in [-0.2, 0) is 14.6 Å². The van der Waals surface area contributed by atoms with Gasteiger partial charge in [-0.2, -0.15) is 0 Å². The summed E-state index contributed by atoms with van der Waals surface area (Å²) in [7, 11) is -3.43. The van der Waals surface area contributed by atoms with E-state index >= 15 is 0 Å². The minimum absolute atomic E-state index is 0.304. The largest absolute Gasteiger partial charge is 0.397 e. The van der Waals surface area contributed by atoms with Crippen LogP contribution in [0.3, 0.4) is 0 Å². The molecule has 1 unspecified atom stereocenters. The standard InChI is InChI=1S/C10H13ClN2O3S/c1-6(17(2,15)16)10(14)13-9-5-7(11)3-4-8(9)12/h3-6H,12H2,1-2H3,(H,13,14). The summed E-state index contributed by atoms with van der Waals surface area (Å²) in [6.45, 7) is 1.31. The molecule has 7 heteroatoms. The molecular weight excluding hydrogens is 264 g/mol. The van der Waals surface area contributed by atoms with E-state index in [4.69, 9.17) is 17.3 Å². The van der Waals surface area contributed by atoms with Crippen molar-refractivity contribution in [2.75, 3.05) is 17.3 Å². The number of amides is 1. The molecular formula is C10H13ClN2O3S. The van der Waals surface area contributed by atoms with Crippen LogP contribution in [0.4, 0.5) is 11.4 Å². The fraction of sp³-hybridized carbons (Fsp3) is 0.300. The van der Waals surface area contributed by atoms with Crippen LogP contribution in [0.2, 0.25) is 5.02 Å². The first kappa shape index (κ1) is 13.8. The molecule has 1 aromatic rings. The van der Waals surface area contributed by atoms with E-state index in [0.717, 1.165) is 6.26 Å². The van der Waals surface area contributed by atoms with Gasteiger partial charge in [-0.1, -0.05) is 11.6 Å². The van der Waals surface area contributed by atoms with Crippen molar-refractivity contribution in [2.45, 2.75) is 12.2 Å². The second-order valence-corrected chi connectivity index (χ2v) is 6.50. The summed E-state index contributed by atoms with van der Waals surface area (Å²) in [4.78, 5) is 11.6. The third-order valence-corrected chi connectivity index (χ3v) is 4.02. The van der Waals surface area contributed by atoms with Crippen molar-refractivity contribution in [3.8, 4) is 0 Å². The molecule has 0 fully saturated rings. The van der Waals surface area contributed by atoms with E-state index in [1.807, 2.05) is 0 Å². The predicted octanol–water partition coefficient (Wildman–Crippen LogP) is 1.29. The first-order valence-electron chi connectivity index (χ1n) is 4.76. The maximum absolute atomic E-state index is 11.6. The number of nitrogens with two attached hydrogens (primary N) is 1. The van der Waals surface area contributed by atoms with Gasteiger partial charge in [0.1, 0.15) is 5.25 Å². The molecule has 1 atom stereocenters. The highest BCUT2D eigenvalue weighted by atomic mass is 35.5. The van der Waals surface area contributed by atoms with Crippen molar-refractivity contribution in [3.63, 3.8) is 0 Å². The minimum atomic E-state index is -3.43. The average Bonchev–Trinajstić information content (AvgIpc) is 2.21. The number of carbonyl (C=O) groups is 1. The van der Waals surface area contributed by atoms with Crippen LogP contribution in [-0.4, -0.2) is 25.8 Å². The Morgan fingerprint density at radius 3 is 2.59 bits per heavy atom. The van der Waals surface area contributed by atoms with Crippen LogP contribution in [0.5, 0.6) is 0 Å². The van der Waals surface area contributed by atoms with E-state index in [9.17, 15) is 13.2 Å². The van der Waals surface area contributed by atoms with Crippen molar-refractivity contribution in [1.29, 1.82) is 0 Å². The monoisotopic (exact) mass is 276 g/mol. The van der Waals surface area contributed by atoms with Gasteiger partial charge in [-0.25, -0.2) is 8.42 Å². The molecule has 0 bridgehead atoms. The molecule has 3 N–H and O–H groups in total. The summed E-state index contributed by atoms with van der Waals surface area (Å²) in [5, 5.41) is 1.70. The normalized spacial score (nSPS) is 13.1. The molecule has 1 rings (SSSR count). The zero-order valence-corrected chi connectivity index (χ0v) is 11.0. The van der Waals surface area contributed by atoms with Crippen molar-refractivity contribution >= 4 is 38.7 Å². The Hall–Kier alpha value is -1.27. The summed E-state index contributed by atoms with van der Waals surface area (Å²) >= 11 is 5.74. The number of benzene rings is 1. The van der Waals surface area contributed by atoms with Gasteiger partial charge in [0.2, 0.25) is 5.91 Å². The van der Waals surface area contributed by atoms with E-state index in [-0.39, 0.29) is 0 Å². The maximum Gasteiger partial charge on any atom is 0.242 e. The van der Waals surface area contributed by atoms with Gasteiger partial charge in [0.05, 0.1) is 11.4 Å². The van der Waals surface area contributed by atoms with Gasteiger partial charge in [0.25, 0.3) is 0 Å². The molecule has 0 spiro atoms. The Bertz CT molecular complexity index is 542. The minimum Gasteiger partial charge on any atom is -0.397 e. The molecule has 5 nitrogen and oxygen atoms in total. The van der Waals surface area contributed by atoms with Crippen molar-refractivity contribution in [3.05, 3.63) is 23.2 Å². The summed E-state index contributed by atoms with van der Waals surface area (Å²) in [6.07, 6.45) is 0.999. The predicted molar refractivity (Wildman–Crippen MR) is 68.8 cm³/mol. The van der Waals surface area contributed by atoms with Gasteiger partial charge in [-0.05, 0) is 25.1 Å². The van der Waals surface area contributed by atoms with E-state index in [1.165, 1.54) is 19.1 Å². The maximum atomic E-state index is 11.6. The number of carbonyl (C=O) groups excluding carboxylic acids is 1. The van der Waals surface area contributed by atoms with Crippen LogP contribution < -0.4 is 11.1 Å². The van der Waals surface area contributed by atoms with Crippen LogP contribution in [0.1, 0.15) is 6.92 Å². The van der Waals surface area contributed by atoms with Crippen molar-refractivity contribution in [1.82, 2.24) is 0 Å². The van der Waals surface area contributed by atoms with Crippen LogP contribution in [0.15, 0.2) is 18.2 Å². The number of anilines is 2. The lowest BCUT2D eigenvalue weighted by Crippen LogP contribution is -2.32. The number of hydrogen-bond donors (Lipinski definition) is 2. The Labute approximate surface area is 105 Å². The molecule has 0 aliphatic rings. The number of rotatable bonds is 3. The van der Waals surface area contributed by atoms with Crippen LogP contribution in [0.25, 0.3) is 0 Å². The highest BCUT2D eigenvalue weighted by Gasteiger charge is 2.23. The fourth-order valence-electron chi connectivity index (χ4n) is 1.07. The average molecular weight is 277 g/mol. The first-order chi connectivity index (χ1) is 7.71. The summed E-state index contributed by atoms with van der Waals surface area (Å²) in [6, 6.07) is 4.57. The van der Waals surface area contributed by atoms with Gasteiger partial charge >= 0.3 is 0 Å². The van der Waals surface area contributed by atoms with Gasteiger partial charge in [0.15, 0.2) is 9.84 Å². The molecule has 1 amide bonds. The molecule has 0 saturated heterocycles. The number of nitrogen functional groups attached to an aromatic ring is 1. The van der Waals surface area contributed by atoms with Gasteiger partial charge in [-0.15, -0.1) is 0 Å². The second kappa shape index (κ2) is 4.93. The highest BCUT2D eigenvalue weighted by Crippen LogP contribution is 2.23. The second-order valence-electron chi connectivity index (χ2n) is 3.69. The molecule has 0 radical (unpaired) electrons. The number of nitrogens with one attached hydrogen (secondary N) is 1. The summed E-state index contributed by atoms with van der Waals surface area (Å²) in [5.41, 5.74) is 6.25. The number of halogens is 1. The van der Waals surface area contributed by atoms with E-state index in [1.54, 1.807) is 6.07 Å². The number of hydrogen-bond acceptors (Lipinski definition) is 4. The Kier molecular flexibility index (Phi) is 4.00. The highest BCUT2D eigenvalue weighted by molar-refractivity contribution is 7.92. The van der Waals surface area contributed by atoms with Gasteiger partial charge in [0, 0.05) is 11.3 Å². The molecule has 94 valence electrons. The molecule has 0 aromatic heterocycles. The summed E-state index contributed by atoms with van der Waals surface area (Å²) < 4.78 is 22.4. The third-order valence-electron chi connectivity index (χ3n) is 2.28. The Morgan fingerprint density at radius 1 is 1.47 bits per heavy atom. The molecule has 0 saturated carbocycles. The van der Waals surface area contributed by atoms with Gasteiger partial charge < -0.3 is 11.1 Å². The molecule has 0 aliphatic carbocycles. The lowest BCUT2D eigenvalue weighted by atomic mass is 10.2. The van der Waals surface area contributed by atoms with E-state index < -0.39 is 21.0 Å². The molecule has 0 aliphatic heterocycles. The lowest BCUT2D eigenvalue weighted by molar-refractivity contribution is -0.115. The van der Waals surface area contributed by atoms with E-state index in [2.05, 4.69) is 5.32 Å². The van der Waals surface area contributed by atoms with Crippen molar-refractivity contribution in [2.24, 2.45) is 0 Å². The Balaban J connectivity index is 2.92. The van der Waals surface area contributed by atoms with Gasteiger partial charge in [-0.3, -0.25) is 4.79 Å². The Morgan fingerprint density at radius 2 is 2.06 bits per heavy atom. The third kappa shape index (κ3) is 3.61. The zero-order valence-electron chi connectivity index (χ0n) is 9.40. The van der Waals surface area contributed by atoms with E-state index in [0.29, 0.717) is 16.4 Å². The molecule has 17 heavy (non-hydrogen) atoms. The topological polar surface area (TPSA) is 89.3 Å². The number of sulfone groups is 1. The SMILES string of the molecule is CC(C(=O)Nc1cc(Cl)ccc1N)S(C)(=O)=O. The smallest absolute Gasteiger partial charge is 0.242 e. The fourth-order valence-corrected chi connectivity index (χ4v) is 1.69. The van der Waals surface area contributed by atoms with Crippen LogP contribution >= 0.6 is 11.6 Å². The first-order valence-corrected chi connectivity index (χ1v) is 7.10. The quantitative estimate of drug-likeness (QED) is 0.814. The van der Waals surface area contributed by atoms with Crippen LogP contribution in [0, 0.1) is 0 Å².